The minimum absolute atomic E-state index is 0.0353. The highest BCUT2D eigenvalue weighted by atomic mass is 16.2. The van der Waals surface area contributed by atoms with Gasteiger partial charge in [-0.3, -0.25) is 9.69 Å². The minimum atomic E-state index is -0.645. The van der Waals surface area contributed by atoms with Gasteiger partial charge >= 0.3 is 6.03 Å². The number of carbonyl (C=O) groups is 2. The quantitative estimate of drug-likeness (QED) is 0.853. The summed E-state index contributed by atoms with van der Waals surface area (Å²) < 4.78 is 0. The van der Waals surface area contributed by atoms with Crippen LogP contribution in [0.25, 0.3) is 0 Å². The Morgan fingerprint density at radius 2 is 1.80 bits per heavy atom. The summed E-state index contributed by atoms with van der Waals surface area (Å²) in [6.45, 7) is 5.24. The molecule has 3 amide bonds. The van der Waals surface area contributed by atoms with Gasteiger partial charge < -0.3 is 5.32 Å². The predicted molar refractivity (Wildman–Crippen MR) is 98.1 cm³/mol. The van der Waals surface area contributed by atoms with Gasteiger partial charge in [0.2, 0.25) is 0 Å². The van der Waals surface area contributed by atoms with Crippen LogP contribution in [-0.4, -0.2) is 41.0 Å². The zero-order chi connectivity index (χ0) is 18.0. The summed E-state index contributed by atoms with van der Waals surface area (Å²) in [5.74, 6) is -0.0353. The van der Waals surface area contributed by atoms with Crippen LogP contribution < -0.4 is 5.32 Å². The Labute approximate surface area is 150 Å². The average Bonchev–Trinajstić information content (AvgIpc) is 2.73. The van der Waals surface area contributed by atoms with E-state index in [1.807, 2.05) is 11.9 Å². The van der Waals surface area contributed by atoms with E-state index in [1.165, 1.54) is 21.6 Å². The molecule has 0 aromatic heterocycles. The normalized spacial score (nSPS) is 20.2. The van der Waals surface area contributed by atoms with Gasteiger partial charge in [0.15, 0.2) is 0 Å². The molecule has 1 heterocycles. The zero-order valence-corrected chi connectivity index (χ0v) is 15.6. The molecule has 1 saturated carbocycles. The van der Waals surface area contributed by atoms with E-state index in [0.29, 0.717) is 6.67 Å². The van der Waals surface area contributed by atoms with Crippen LogP contribution in [0.1, 0.15) is 55.2 Å². The molecule has 1 spiro atoms. The highest BCUT2D eigenvalue weighted by molar-refractivity contribution is 6.07. The van der Waals surface area contributed by atoms with E-state index in [9.17, 15) is 9.59 Å². The van der Waals surface area contributed by atoms with E-state index >= 15 is 0 Å². The monoisotopic (exact) mass is 343 g/mol. The number of rotatable bonds is 4. The molecule has 25 heavy (non-hydrogen) atoms. The summed E-state index contributed by atoms with van der Waals surface area (Å²) in [5.41, 5.74) is 3.07. The van der Waals surface area contributed by atoms with Crippen LogP contribution in [0.4, 0.5) is 4.79 Å². The second kappa shape index (κ2) is 7.16. The molecule has 1 saturated heterocycles. The van der Waals surface area contributed by atoms with Crippen molar-refractivity contribution in [2.45, 2.75) is 64.5 Å². The Kier molecular flexibility index (Phi) is 5.13. The molecule has 0 bridgehead atoms. The molecule has 1 aromatic carbocycles. The largest absolute Gasteiger partial charge is 0.326 e. The van der Waals surface area contributed by atoms with E-state index in [0.717, 1.165) is 45.1 Å². The van der Waals surface area contributed by atoms with Crippen LogP contribution in [0.5, 0.6) is 0 Å². The van der Waals surface area contributed by atoms with Crippen molar-refractivity contribution in [2.24, 2.45) is 0 Å². The molecule has 1 N–H and O–H groups in total. The predicted octanol–water partition coefficient (Wildman–Crippen LogP) is 3.34. The maximum atomic E-state index is 13.0. The summed E-state index contributed by atoms with van der Waals surface area (Å²) in [5, 5.41) is 3.01. The summed E-state index contributed by atoms with van der Waals surface area (Å²) in [6.07, 6.45) is 5.87. The van der Waals surface area contributed by atoms with Crippen molar-refractivity contribution >= 4 is 11.9 Å². The Bertz CT molecular complexity index is 663. The highest BCUT2D eigenvalue weighted by Crippen LogP contribution is 2.32. The molecule has 5 nitrogen and oxygen atoms in total. The number of aryl methyl sites for hydroxylation is 2. The highest BCUT2D eigenvalue weighted by Gasteiger charge is 2.50. The van der Waals surface area contributed by atoms with Crippen molar-refractivity contribution in [2.75, 3.05) is 13.7 Å². The molecule has 1 aliphatic carbocycles. The van der Waals surface area contributed by atoms with Crippen LogP contribution in [0.2, 0.25) is 0 Å². The van der Waals surface area contributed by atoms with E-state index in [-0.39, 0.29) is 11.9 Å². The lowest BCUT2D eigenvalue weighted by atomic mass is 9.90. The van der Waals surface area contributed by atoms with Crippen molar-refractivity contribution in [3.63, 3.8) is 0 Å². The Hall–Kier alpha value is -1.88. The maximum Gasteiger partial charge on any atom is 0.326 e. The lowest BCUT2D eigenvalue weighted by Crippen LogP contribution is -2.47. The standard InChI is InChI=1S/C20H29N3O2/c1-15-8-9-17(16(2)12-15)13-22(3)14-23-18(24)20(21-19(23)25)10-6-4-5-7-11-20/h8-9,12H,4-7,10-11,13-14H2,1-3H3,(H,21,25). The molecule has 5 heteroatoms. The summed E-state index contributed by atoms with van der Waals surface area (Å²) >= 11 is 0. The van der Waals surface area contributed by atoms with Gasteiger partial charge in [-0.05, 0) is 44.9 Å². The Morgan fingerprint density at radius 3 is 2.44 bits per heavy atom. The average molecular weight is 343 g/mol. The van der Waals surface area contributed by atoms with Gasteiger partial charge in [-0.25, -0.2) is 9.69 Å². The van der Waals surface area contributed by atoms with Gasteiger partial charge in [0.05, 0.1) is 6.67 Å². The van der Waals surface area contributed by atoms with E-state index in [1.54, 1.807) is 0 Å². The van der Waals surface area contributed by atoms with Crippen molar-refractivity contribution in [1.29, 1.82) is 0 Å². The molecule has 0 unspecified atom stereocenters. The van der Waals surface area contributed by atoms with E-state index < -0.39 is 5.54 Å². The SMILES string of the molecule is Cc1ccc(CN(C)CN2C(=O)NC3(CCCCCC3)C2=O)c(C)c1. The number of benzene rings is 1. The topological polar surface area (TPSA) is 52.6 Å². The van der Waals surface area contributed by atoms with Gasteiger partial charge in [0, 0.05) is 6.54 Å². The molecule has 3 rings (SSSR count). The lowest BCUT2D eigenvalue weighted by molar-refractivity contribution is -0.133. The number of hydrogen-bond acceptors (Lipinski definition) is 3. The van der Waals surface area contributed by atoms with Crippen LogP contribution in [0, 0.1) is 13.8 Å². The molecule has 0 radical (unpaired) electrons. The number of urea groups is 1. The van der Waals surface area contributed by atoms with Crippen LogP contribution in [0.15, 0.2) is 18.2 Å². The second-order valence-electron chi connectivity index (χ2n) is 7.75. The molecular weight excluding hydrogens is 314 g/mol. The number of nitrogens with zero attached hydrogens (tertiary/aromatic N) is 2. The van der Waals surface area contributed by atoms with E-state index in [2.05, 4.69) is 37.4 Å². The number of imide groups is 1. The smallest absolute Gasteiger partial charge is 0.323 e. The molecule has 136 valence electrons. The van der Waals surface area contributed by atoms with E-state index in [4.69, 9.17) is 0 Å². The second-order valence-corrected chi connectivity index (χ2v) is 7.75. The maximum absolute atomic E-state index is 13.0. The van der Waals surface area contributed by atoms with Gasteiger partial charge in [-0.15, -0.1) is 0 Å². The van der Waals surface area contributed by atoms with Crippen molar-refractivity contribution in [3.8, 4) is 0 Å². The molecule has 0 atom stereocenters. The molecule has 2 aliphatic rings. The van der Waals surface area contributed by atoms with Crippen molar-refractivity contribution < 1.29 is 9.59 Å². The molecular formula is C20H29N3O2. The summed E-state index contributed by atoms with van der Waals surface area (Å²) in [6, 6.07) is 6.15. The lowest BCUT2D eigenvalue weighted by Gasteiger charge is -2.26. The third kappa shape index (κ3) is 3.71. The number of hydrogen-bond donors (Lipinski definition) is 1. The number of carbonyl (C=O) groups excluding carboxylic acids is 2. The fourth-order valence-electron chi connectivity index (χ4n) is 4.08. The first-order chi connectivity index (χ1) is 11.9. The van der Waals surface area contributed by atoms with Gasteiger partial charge in [-0.1, -0.05) is 49.4 Å². The fraction of sp³-hybridized carbons (Fsp3) is 0.600. The zero-order valence-electron chi connectivity index (χ0n) is 15.6. The number of nitrogens with one attached hydrogen (secondary N) is 1. The third-order valence-corrected chi connectivity index (χ3v) is 5.52. The first-order valence-corrected chi connectivity index (χ1v) is 9.30. The Morgan fingerprint density at radius 1 is 1.12 bits per heavy atom. The molecule has 2 fully saturated rings. The summed E-state index contributed by atoms with van der Waals surface area (Å²) in [4.78, 5) is 28.8. The summed E-state index contributed by atoms with van der Waals surface area (Å²) in [7, 11) is 1.96. The minimum Gasteiger partial charge on any atom is -0.323 e. The Balaban J connectivity index is 1.67. The number of amides is 3. The van der Waals surface area contributed by atoms with Gasteiger partial charge in [0.1, 0.15) is 5.54 Å². The first-order valence-electron chi connectivity index (χ1n) is 9.30. The molecule has 1 aliphatic heterocycles. The molecule has 1 aromatic rings. The van der Waals surface area contributed by atoms with Gasteiger partial charge in [0.25, 0.3) is 5.91 Å². The third-order valence-electron chi connectivity index (χ3n) is 5.52. The van der Waals surface area contributed by atoms with Crippen LogP contribution in [-0.2, 0) is 11.3 Å². The van der Waals surface area contributed by atoms with Crippen molar-refractivity contribution in [3.05, 3.63) is 34.9 Å². The first kappa shape index (κ1) is 17.9. The van der Waals surface area contributed by atoms with Gasteiger partial charge in [-0.2, -0.15) is 0 Å². The van der Waals surface area contributed by atoms with Crippen LogP contribution in [0.3, 0.4) is 0 Å². The van der Waals surface area contributed by atoms with Crippen LogP contribution >= 0.6 is 0 Å². The fourth-order valence-corrected chi connectivity index (χ4v) is 4.08. The van der Waals surface area contributed by atoms with Crippen molar-refractivity contribution in [1.82, 2.24) is 15.1 Å².